The molecule has 0 unspecified atom stereocenters. The summed E-state index contributed by atoms with van der Waals surface area (Å²) in [5.74, 6) is 0. The van der Waals surface area contributed by atoms with Crippen molar-refractivity contribution in [1.29, 1.82) is 0 Å². The second-order valence-electron chi connectivity index (χ2n) is 0.519. The minimum atomic E-state index is -0.375. The Labute approximate surface area is 45.9 Å². The summed E-state index contributed by atoms with van der Waals surface area (Å²) in [5, 5.41) is 0. The van der Waals surface area contributed by atoms with Crippen LogP contribution < -0.4 is 0 Å². The standard InChI is InChI=1S/Br2H4Si2/c1-4(2)3/h4H,3H3. The molecule has 0 aromatic heterocycles. The van der Waals surface area contributed by atoms with Crippen molar-refractivity contribution >= 4 is 45.9 Å². The first-order valence-electron chi connectivity index (χ1n) is 1.01. The maximum Gasteiger partial charge on any atom is 0.166 e. The van der Waals surface area contributed by atoms with Crippen LogP contribution in [0.2, 0.25) is 0 Å². The molecule has 0 radical (unpaired) electrons. The Balaban J connectivity index is 2.32. The van der Waals surface area contributed by atoms with Gasteiger partial charge in [0.1, 0.15) is 0 Å². The molecule has 0 saturated heterocycles. The fourth-order valence-electron chi connectivity index (χ4n) is 0. The van der Waals surface area contributed by atoms with Crippen molar-refractivity contribution in [3.63, 3.8) is 0 Å². The molecule has 0 aromatic rings. The number of hydrogen-bond acceptors (Lipinski definition) is 0. The summed E-state index contributed by atoms with van der Waals surface area (Å²) in [6, 6.07) is 0. The van der Waals surface area contributed by atoms with Crippen molar-refractivity contribution in [3.8, 4) is 0 Å². The third-order valence-corrected chi connectivity index (χ3v) is 0. The predicted molar refractivity (Wildman–Crippen MR) is 34.9 cm³/mol. The lowest BCUT2D eigenvalue weighted by molar-refractivity contribution is 4.50. The highest BCUT2D eigenvalue weighted by molar-refractivity contribution is 9.50. The third kappa shape index (κ3) is 10.0. The molecule has 0 spiro atoms. The molecule has 4 heavy (non-hydrogen) atoms. The fraction of sp³-hybridized carbons (Fsp3) is 0. The number of halogens is 2. The molecular weight excluding hydrogens is 216 g/mol. The van der Waals surface area contributed by atoms with Gasteiger partial charge in [0.2, 0.25) is 0 Å². The molecule has 26 valence electrons. The average Bonchev–Trinajstić information content (AvgIpc) is 0.811. The van der Waals surface area contributed by atoms with E-state index in [1.54, 1.807) is 0 Å². The minimum Gasteiger partial charge on any atom is -0.120 e. The van der Waals surface area contributed by atoms with Crippen LogP contribution in [-0.2, 0) is 0 Å². The van der Waals surface area contributed by atoms with E-state index in [4.69, 9.17) is 0 Å². The zero-order valence-corrected chi connectivity index (χ0v) is 8.66. The van der Waals surface area contributed by atoms with E-state index in [0.29, 0.717) is 0 Å². The van der Waals surface area contributed by atoms with Crippen molar-refractivity contribution in [2.75, 3.05) is 0 Å². The van der Waals surface area contributed by atoms with E-state index in [0.717, 1.165) is 0 Å². The summed E-state index contributed by atoms with van der Waals surface area (Å²) in [7, 11) is 1.32. The SMILES string of the molecule is [SiH3][SiH](Br)Br. The highest BCUT2D eigenvalue weighted by Gasteiger charge is 1.78. The van der Waals surface area contributed by atoms with E-state index in [2.05, 4.69) is 30.6 Å². The Morgan fingerprint density at radius 1 is 1.50 bits per heavy atom. The molecule has 0 N–H and O–H groups in total. The van der Waals surface area contributed by atoms with Gasteiger partial charge in [-0.05, 0) is 0 Å². The van der Waals surface area contributed by atoms with Crippen molar-refractivity contribution in [3.05, 3.63) is 0 Å². The van der Waals surface area contributed by atoms with Gasteiger partial charge in [-0.3, -0.25) is 0 Å². The van der Waals surface area contributed by atoms with E-state index in [9.17, 15) is 0 Å². The average molecular weight is 220 g/mol. The van der Waals surface area contributed by atoms with Gasteiger partial charge in [-0.15, -0.1) is 30.6 Å². The lowest BCUT2D eigenvalue weighted by atomic mass is 27.1. The second kappa shape index (κ2) is 2.62. The van der Waals surface area contributed by atoms with Crippen LogP contribution in [-0.4, -0.2) is 15.3 Å². The molecule has 0 bridgehead atoms. The number of hydrogen-bond donors (Lipinski definition) is 0. The Hall–Kier alpha value is 1.39. The monoisotopic (exact) mass is 218 g/mol. The van der Waals surface area contributed by atoms with Crippen molar-refractivity contribution in [1.82, 2.24) is 0 Å². The second-order valence-corrected chi connectivity index (χ2v) is 27.1. The van der Waals surface area contributed by atoms with E-state index in [1.165, 1.54) is 9.76 Å². The van der Waals surface area contributed by atoms with Crippen LogP contribution in [0.15, 0.2) is 0 Å². The lowest BCUT2D eigenvalue weighted by Gasteiger charge is -1.69. The van der Waals surface area contributed by atoms with Gasteiger partial charge in [0.05, 0.1) is 0 Å². The molecule has 0 saturated carbocycles. The summed E-state index contributed by atoms with van der Waals surface area (Å²) < 4.78 is 0. The van der Waals surface area contributed by atoms with Gasteiger partial charge < -0.3 is 0 Å². The van der Waals surface area contributed by atoms with E-state index in [1.807, 2.05) is 0 Å². The van der Waals surface area contributed by atoms with E-state index in [-0.39, 0.29) is 5.55 Å². The van der Waals surface area contributed by atoms with Crippen LogP contribution in [0.4, 0.5) is 0 Å². The molecule has 0 amide bonds. The van der Waals surface area contributed by atoms with Crippen molar-refractivity contribution in [2.24, 2.45) is 0 Å². The molecule has 0 rings (SSSR count). The van der Waals surface area contributed by atoms with Crippen LogP contribution >= 0.6 is 30.6 Å². The van der Waals surface area contributed by atoms with Gasteiger partial charge in [-0.1, -0.05) is 0 Å². The van der Waals surface area contributed by atoms with Gasteiger partial charge in [-0.2, -0.15) is 0 Å². The first kappa shape index (κ1) is 5.39. The Kier molecular flexibility index (Phi) is 3.53. The molecule has 0 aromatic carbocycles. The van der Waals surface area contributed by atoms with Crippen LogP contribution in [0, 0.1) is 0 Å². The molecule has 0 fully saturated rings. The molecule has 4 heteroatoms. The lowest BCUT2D eigenvalue weighted by Crippen LogP contribution is -1.82. The first-order chi connectivity index (χ1) is 1.73. The summed E-state index contributed by atoms with van der Waals surface area (Å²) in [6.45, 7) is 0. The number of rotatable bonds is 0. The van der Waals surface area contributed by atoms with Crippen LogP contribution in [0.25, 0.3) is 0 Å². The summed E-state index contributed by atoms with van der Waals surface area (Å²) in [5.41, 5.74) is -0.375. The summed E-state index contributed by atoms with van der Waals surface area (Å²) in [6.07, 6.45) is 0. The largest absolute Gasteiger partial charge is 0.166 e. The van der Waals surface area contributed by atoms with Crippen LogP contribution in [0.3, 0.4) is 0 Å². The van der Waals surface area contributed by atoms with Crippen LogP contribution in [0.5, 0.6) is 0 Å². The summed E-state index contributed by atoms with van der Waals surface area (Å²) >= 11 is 6.78. The van der Waals surface area contributed by atoms with Gasteiger partial charge in [0.15, 0.2) is 5.55 Å². The smallest absolute Gasteiger partial charge is 0.120 e. The van der Waals surface area contributed by atoms with E-state index >= 15 is 0 Å². The molecule has 0 aliphatic carbocycles. The van der Waals surface area contributed by atoms with Crippen molar-refractivity contribution in [2.45, 2.75) is 0 Å². The Morgan fingerprint density at radius 3 is 1.50 bits per heavy atom. The minimum absolute atomic E-state index is 0.375. The third-order valence-electron chi connectivity index (χ3n) is 0. The Bertz CT molecular complexity index is 8.75. The fourth-order valence-corrected chi connectivity index (χ4v) is 0. The molecule has 0 aliphatic rings. The predicted octanol–water partition coefficient (Wildman–Crippen LogP) is -0.141. The molecule has 0 aliphatic heterocycles. The Morgan fingerprint density at radius 2 is 1.50 bits per heavy atom. The van der Waals surface area contributed by atoms with Gasteiger partial charge in [0.25, 0.3) is 0 Å². The normalized spacial score (nSPS) is 9.75. The maximum atomic E-state index is 3.39. The zero-order valence-electron chi connectivity index (χ0n) is 2.33. The van der Waals surface area contributed by atoms with Crippen molar-refractivity contribution < 1.29 is 0 Å². The molecule has 0 heterocycles. The maximum absolute atomic E-state index is 3.39. The molecule has 0 nitrogen and oxygen atoms in total. The topological polar surface area (TPSA) is 0 Å². The quantitative estimate of drug-likeness (QED) is 0.393. The van der Waals surface area contributed by atoms with Gasteiger partial charge >= 0.3 is 0 Å². The van der Waals surface area contributed by atoms with Crippen LogP contribution in [0.1, 0.15) is 0 Å². The molecule has 0 atom stereocenters. The zero-order chi connectivity index (χ0) is 3.58. The summed E-state index contributed by atoms with van der Waals surface area (Å²) in [4.78, 5) is 0. The van der Waals surface area contributed by atoms with Gasteiger partial charge in [-0.25, -0.2) is 0 Å². The highest BCUT2D eigenvalue weighted by Crippen LogP contribution is 1.92. The molecular formula is H4Br2Si2. The van der Waals surface area contributed by atoms with Gasteiger partial charge in [0, 0.05) is 9.76 Å². The highest BCUT2D eigenvalue weighted by atomic mass is 79.9. The first-order valence-corrected chi connectivity index (χ1v) is 12.0. The van der Waals surface area contributed by atoms with E-state index < -0.39 is 0 Å².